The van der Waals surface area contributed by atoms with E-state index < -0.39 is 17.3 Å². The SMILES string of the molecule is COc1ccc(-c2csc(NC(=O)c3ccc(C)[nH]c3=O)n2)cc1F. The second kappa shape index (κ2) is 6.86. The first-order chi connectivity index (χ1) is 12.0. The number of aromatic amines is 1. The van der Waals surface area contributed by atoms with Crippen molar-refractivity contribution in [3.8, 4) is 17.0 Å². The van der Waals surface area contributed by atoms with E-state index in [0.717, 1.165) is 0 Å². The van der Waals surface area contributed by atoms with Crippen molar-refractivity contribution in [1.29, 1.82) is 0 Å². The van der Waals surface area contributed by atoms with E-state index in [2.05, 4.69) is 15.3 Å². The number of hydrogen-bond acceptors (Lipinski definition) is 5. The lowest BCUT2D eigenvalue weighted by atomic mass is 10.1. The highest BCUT2D eigenvalue weighted by atomic mass is 32.1. The molecule has 0 aliphatic heterocycles. The van der Waals surface area contributed by atoms with E-state index in [1.165, 1.54) is 36.6 Å². The van der Waals surface area contributed by atoms with E-state index in [0.29, 0.717) is 22.1 Å². The summed E-state index contributed by atoms with van der Waals surface area (Å²) in [5, 5.41) is 4.58. The summed E-state index contributed by atoms with van der Waals surface area (Å²) in [5.74, 6) is -0.904. The van der Waals surface area contributed by atoms with Crippen LogP contribution in [0.2, 0.25) is 0 Å². The Morgan fingerprint density at radius 2 is 2.12 bits per heavy atom. The zero-order valence-electron chi connectivity index (χ0n) is 13.4. The highest BCUT2D eigenvalue weighted by Crippen LogP contribution is 2.28. The fourth-order valence-corrected chi connectivity index (χ4v) is 2.92. The maximum Gasteiger partial charge on any atom is 0.263 e. The molecule has 0 aliphatic carbocycles. The smallest absolute Gasteiger partial charge is 0.263 e. The maximum absolute atomic E-state index is 13.8. The molecule has 0 unspecified atom stereocenters. The lowest BCUT2D eigenvalue weighted by Gasteiger charge is -2.03. The fourth-order valence-electron chi connectivity index (χ4n) is 2.20. The molecule has 8 heteroatoms. The zero-order chi connectivity index (χ0) is 18.0. The molecule has 0 bridgehead atoms. The van der Waals surface area contributed by atoms with Gasteiger partial charge in [0.1, 0.15) is 5.56 Å². The summed E-state index contributed by atoms with van der Waals surface area (Å²) < 4.78 is 18.7. The number of ether oxygens (including phenoxy) is 1. The van der Waals surface area contributed by atoms with Gasteiger partial charge in [0.05, 0.1) is 12.8 Å². The molecule has 0 fully saturated rings. The van der Waals surface area contributed by atoms with Gasteiger partial charge in [0.25, 0.3) is 11.5 Å². The van der Waals surface area contributed by atoms with Gasteiger partial charge in [0.2, 0.25) is 0 Å². The monoisotopic (exact) mass is 359 g/mol. The van der Waals surface area contributed by atoms with Gasteiger partial charge in [-0.05, 0) is 37.3 Å². The van der Waals surface area contributed by atoms with Gasteiger partial charge in [0, 0.05) is 16.6 Å². The first-order valence-electron chi connectivity index (χ1n) is 7.28. The molecule has 128 valence electrons. The van der Waals surface area contributed by atoms with Crippen LogP contribution in [0.1, 0.15) is 16.1 Å². The molecule has 3 rings (SSSR count). The number of benzene rings is 1. The van der Waals surface area contributed by atoms with Crippen LogP contribution in [0.4, 0.5) is 9.52 Å². The van der Waals surface area contributed by atoms with E-state index >= 15 is 0 Å². The number of carbonyl (C=O) groups is 1. The van der Waals surface area contributed by atoms with Gasteiger partial charge >= 0.3 is 0 Å². The number of H-pyrrole nitrogens is 1. The predicted molar refractivity (Wildman–Crippen MR) is 93.8 cm³/mol. The summed E-state index contributed by atoms with van der Waals surface area (Å²) in [4.78, 5) is 30.8. The van der Waals surface area contributed by atoms with Crippen molar-refractivity contribution in [2.75, 3.05) is 12.4 Å². The number of anilines is 1. The van der Waals surface area contributed by atoms with E-state index in [1.54, 1.807) is 24.4 Å². The minimum atomic E-state index is -0.553. The third-order valence-electron chi connectivity index (χ3n) is 3.47. The van der Waals surface area contributed by atoms with Gasteiger partial charge in [0.15, 0.2) is 16.7 Å². The predicted octanol–water partition coefficient (Wildman–Crippen LogP) is 3.21. The van der Waals surface area contributed by atoms with Crippen LogP contribution in [-0.2, 0) is 0 Å². The number of nitrogens with one attached hydrogen (secondary N) is 2. The third-order valence-corrected chi connectivity index (χ3v) is 4.23. The van der Waals surface area contributed by atoms with Crippen LogP contribution in [0.5, 0.6) is 5.75 Å². The summed E-state index contributed by atoms with van der Waals surface area (Å²) in [6.45, 7) is 1.73. The van der Waals surface area contributed by atoms with Gasteiger partial charge in [-0.1, -0.05) is 0 Å². The van der Waals surface area contributed by atoms with Gasteiger partial charge in [-0.15, -0.1) is 11.3 Å². The van der Waals surface area contributed by atoms with E-state index in [9.17, 15) is 14.0 Å². The highest BCUT2D eigenvalue weighted by molar-refractivity contribution is 7.14. The number of nitrogens with zero attached hydrogens (tertiary/aromatic N) is 1. The third kappa shape index (κ3) is 3.58. The number of pyridine rings is 1. The van der Waals surface area contributed by atoms with Crippen LogP contribution in [0, 0.1) is 12.7 Å². The Labute approximate surface area is 146 Å². The fraction of sp³-hybridized carbons (Fsp3) is 0.118. The van der Waals surface area contributed by atoms with Gasteiger partial charge in [-0.3, -0.25) is 14.9 Å². The molecule has 0 atom stereocenters. The van der Waals surface area contributed by atoms with Crippen molar-refractivity contribution in [2.24, 2.45) is 0 Å². The lowest BCUT2D eigenvalue weighted by Crippen LogP contribution is -2.23. The number of methoxy groups -OCH3 is 1. The van der Waals surface area contributed by atoms with Crippen LogP contribution in [0.15, 0.2) is 40.5 Å². The van der Waals surface area contributed by atoms with Crippen molar-refractivity contribution in [3.05, 3.63) is 63.1 Å². The largest absolute Gasteiger partial charge is 0.494 e. The Hall–Kier alpha value is -3.00. The van der Waals surface area contributed by atoms with Crippen LogP contribution in [0.3, 0.4) is 0 Å². The lowest BCUT2D eigenvalue weighted by molar-refractivity contribution is 0.102. The molecule has 0 spiro atoms. The Morgan fingerprint density at radius 1 is 1.32 bits per heavy atom. The molecule has 6 nitrogen and oxygen atoms in total. The Balaban J connectivity index is 1.81. The average molecular weight is 359 g/mol. The molecule has 0 radical (unpaired) electrons. The summed E-state index contributed by atoms with van der Waals surface area (Å²) >= 11 is 1.18. The van der Waals surface area contributed by atoms with Crippen molar-refractivity contribution >= 4 is 22.4 Å². The molecule has 25 heavy (non-hydrogen) atoms. The van der Waals surface area contributed by atoms with Crippen molar-refractivity contribution in [3.63, 3.8) is 0 Å². The summed E-state index contributed by atoms with van der Waals surface area (Å²) in [6.07, 6.45) is 0. The van der Waals surface area contributed by atoms with E-state index in [1.807, 2.05) is 0 Å². The number of halogens is 1. The van der Waals surface area contributed by atoms with Crippen LogP contribution in [0.25, 0.3) is 11.3 Å². The topological polar surface area (TPSA) is 84.1 Å². The zero-order valence-corrected chi connectivity index (χ0v) is 14.2. The molecule has 1 aromatic carbocycles. The normalized spacial score (nSPS) is 10.5. The van der Waals surface area contributed by atoms with Crippen LogP contribution in [-0.4, -0.2) is 23.0 Å². The summed E-state index contributed by atoms with van der Waals surface area (Å²) in [6, 6.07) is 7.59. The van der Waals surface area contributed by atoms with Crippen molar-refractivity contribution in [1.82, 2.24) is 9.97 Å². The van der Waals surface area contributed by atoms with Crippen LogP contribution < -0.4 is 15.6 Å². The molecule has 1 amide bonds. The second-order valence-electron chi connectivity index (χ2n) is 5.23. The number of rotatable bonds is 4. The first kappa shape index (κ1) is 16.8. The standard InChI is InChI=1S/C17H14FN3O3S/c1-9-3-5-11(15(22)19-9)16(23)21-17-20-13(8-25-17)10-4-6-14(24-2)12(18)7-10/h3-8H,1-2H3,(H,19,22)(H,20,21,23). The van der Waals surface area contributed by atoms with Crippen molar-refractivity contribution < 1.29 is 13.9 Å². The average Bonchev–Trinajstić information content (AvgIpc) is 3.03. The molecular formula is C17H14FN3O3S. The molecular weight excluding hydrogens is 345 g/mol. The number of thiazole rings is 1. The maximum atomic E-state index is 13.8. The van der Waals surface area contributed by atoms with E-state index in [4.69, 9.17) is 4.74 Å². The first-order valence-corrected chi connectivity index (χ1v) is 8.16. The Morgan fingerprint density at radius 3 is 2.80 bits per heavy atom. The number of hydrogen-bond donors (Lipinski definition) is 2. The number of aryl methyl sites for hydroxylation is 1. The van der Waals surface area contributed by atoms with Gasteiger partial charge in [-0.25, -0.2) is 9.37 Å². The quantitative estimate of drug-likeness (QED) is 0.749. The number of amides is 1. The summed E-state index contributed by atoms with van der Waals surface area (Å²) in [5.41, 5.74) is 1.27. The molecule has 2 heterocycles. The molecule has 2 N–H and O–H groups in total. The molecule has 2 aromatic heterocycles. The molecule has 0 aliphatic rings. The Bertz CT molecular complexity index is 997. The Kier molecular flexibility index (Phi) is 4.62. The minimum absolute atomic E-state index is 0.00200. The number of aromatic nitrogens is 2. The highest BCUT2D eigenvalue weighted by Gasteiger charge is 2.14. The van der Waals surface area contributed by atoms with E-state index in [-0.39, 0.29) is 11.3 Å². The minimum Gasteiger partial charge on any atom is -0.494 e. The van der Waals surface area contributed by atoms with Gasteiger partial charge < -0.3 is 9.72 Å². The summed E-state index contributed by atoms with van der Waals surface area (Å²) in [7, 11) is 1.39. The van der Waals surface area contributed by atoms with Crippen LogP contribution >= 0.6 is 11.3 Å². The molecule has 0 saturated heterocycles. The molecule has 3 aromatic rings. The van der Waals surface area contributed by atoms with Crippen molar-refractivity contribution in [2.45, 2.75) is 6.92 Å². The molecule has 0 saturated carbocycles. The second-order valence-corrected chi connectivity index (χ2v) is 6.08. The number of carbonyl (C=O) groups excluding carboxylic acids is 1. The van der Waals surface area contributed by atoms with Gasteiger partial charge in [-0.2, -0.15) is 0 Å².